The summed E-state index contributed by atoms with van der Waals surface area (Å²) in [5.41, 5.74) is 5.08. The Balaban J connectivity index is 1.91. The summed E-state index contributed by atoms with van der Waals surface area (Å²) >= 11 is 4.54. The normalized spacial score (nSPS) is 12.1. The molecule has 0 aliphatic carbocycles. The molecule has 1 heterocycles. The second-order valence-electron chi connectivity index (χ2n) is 7.37. The van der Waals surface area contributed by atoms with Crippen molar-refractivity contribution in [2.45, 2.75) is 31.7 Å². The van der Waals surface area contributed by atoms with Crippen molar-refractivity contribution in [1.82, 2.24) is 0 Å². The second-order valence-corrected chi connectivity index (χ2v) is 7.85. The topological polar surface area (TPSA) is 42.2 Å². The highest BCUT2D eigenvalue weighted by Gasteiger charge is 2.19. The molecule has 4 heteroatoms. The number of nitrogens with one attached hydrogen (secondary N) is 1. The first kappa shape index (κ1) is 19.3. The van der Waals surface area contributed by atoms with Crippen molar-refractivity contribution < 1.29 is 4.42 Å². The molecule has 3 nitrogen and oxygen atoms in total. The lowest BCUT2D eigenvalue weighted by atomic mass is 9.99. The number of para-hydroxylation sites is 1. The summed E-state index contributed by atoms with van der Waals surface area (Å²) in [6.45, 7) is 5.90. The maximum absolute atomic E-state index is 13.2. The predicted molar refractivity (Wildman–Crippen MR) is 123 cm³/mol. The van der Waals surface area contributed by atoms with Gasteiger partial charge in [-0.2, -0.15) is 0 Å². The molecule has 0 saturated carbocycles. The largest absolute Gasteiger partial charge is 0.455 e. The number of hydrogen-bond donors (Lipinski definition) is 2. The van der Waals surface area contributed by atoms with Crippen LogP contribution in [-0.2, 0) is 0 Å². The van der Waals surface area contributed by atoms with E-state index in [1.807, 2.05) is 74.5 Å². The molecular weight excluding hydrogens is 378 g/mol. The minimum absolute atomic E-state index is 0.0110. The molecule has 1 aromatic heterocycles. The Bertz CT molecular complexity index is 1250. The fourth-order valence-corrected chi connectivity index (χ4v) is 3.89. The Morgan fingerprint density at radius 1 is 0.966 bits per heavy atom. The molecule has 1 N–H and O–H groups in total. The highest BCUT2D eigenvalue weighted by molar-refractivity contribution is 7.80. The van der Waals surface area contributed by atoms with Gasteiger partial charge in [-0.25, -0.2) is 0 Å². The molecule has 0 aliphatic rings. The molecule has 29 heavy (non-hydrogen) atoms. The Morgan fingerprint density at radius 3 is 2.38 bits per heavy atom. The van der Waals surface area contributed by atoms with E-state index >= 15 is 0 Å². The molecule has 3 aromatic carbocycles. The fraction of sp³-hybridized carbons (Fsp3) is 0.160. The molecule has 0 bridgehead atoms. The van der Waals surface area contributed by atoms with Crippen LogP contribution >= 0.6 is 12.6 Å². The Labute approximate surface area is 175 Å². The SMILES string of the molecule is Cc1cc(C(C)Nc2ccccc2S)c2oc(-c3ccccc3)c(C)c(=O)c2c1. The highest BCUT2D eigenvalue weighted by atomic mass is 32.1. The number of aryl methyl sites for hydroxylation is 1. The summed E-state index contributed by atoms with van der Waals surface area (Å²) < 4.78 is 6.38. The number of benzene rings is 3. The van der Waals surface area contributed by atoms with Crippen molar-refractivity contribution in [3.05, 3.63) is 93.6 Å². The Morgan fingerprint density at radius 2 is 1.66 bits per heavy atom. The lowest BCUT2D eigenvalue weighted by molar-refractivity contribution is 0.605. The van der Waals surface area contributed by atoms with E-state index in [4.69, 9.17) is 4.42 Å². The van der Waals surface area contributed by atoms with Gasteiger partial charge in [-0.15, -0.1) is 12.6 Å². The van der Waals surface area contributed by atoms with E-state index in [1.165, 1.54) is 0 Å². The molecule has 0 fully saturated rings. The van der Waals surface area contributed by atoms with Crippen molar-refractivity contribution in [2.24, 2.45) is 0 Å². The van der Waals surface area contributed by atoms with Crippen LogP contribution in [0.5, 0.6) is 0 Å². The molecule has 4 rings (SSSR count). The van der Waals surface area contributed by atoms with Gasteiger partial charge in [0.25, 0.3) is 0 Å². The molecule has 0 aliphatic heterocycles. The summed E-state index contributed by atoms with van der Waals surface area (Å²) in [7, 11) is 0. The summed E-state index contributed by atoms with van der Waals surface area (Å²) in [4.78, 5) is 14.0. The van der Waals surface area contributed by atoms with Crippen LogP contribution in [-0.4, -0.2) is 0 Å². The van der Waals surface area contributed by atoms with E-state index in [2.05, 4.69) is 30.9 Å². The van der Waals surface area contributed by atoms with Gasteiger partial charge in [0.15, 0.2) is 5.43 Å². The van der Waals surface area contributed by atoms with Gasteiger partial charge in [-0.05, 0) is 44.5 Å². The predicted octanol–water partition coefficient (Wildman–Crippen LogP) is 6.54. The first-order chi connectivity index (χ1) is 14.0. The average Bonchev–Trinajstić information content (AvgIpc) is 2.72. The smallest absolute Gasteiger partial charge is 0.196 e. The number of thiol groups is 1. The lowest BCUT2D eigenvalue weighted by Gasteiger charge is -2.19. The third-order valence-corrected chi connectivity index (χ3v) is 5.56. The van der Waals surface area contributed by atoms with Gasteiger partial charge in [0, 0.05) is 27.3 Å². The fourth-order valence-electron chi connectivity index (χ4n) is 3.66. The number of rotatable bonds is 4. The summed E-state index contributed by atoms with van der Waals surface area (Å²) in [6, 6.07) is 21.6. The zero-order chi connectivity index (χ0) is 20.5. The third-order valence-electron chi connectivity index (χ3n) is 5.17. The van der Waals surface area contributed by atoms with Crippen LogP contribution in [0.3, 0.4) is 0 Å². The van der Waals surface area contributed by atoms with Gasteiger partial charge < -0.3 is 9.73 Å². The number of anilines is 1. The highest BCUT2D eigenvalue weighted by Crippen LogP contribution is 2.32. The minimum atomic E-state index is -0.0693. The molecule has 0 spiro atoms. The van der Waals surface area contributed by atoms with Crippen LogP contribution in [0.15, 0.2) is 80.8 Å². The van der Waals surface area contributed by atoms with Crippen LogP contribution in [0.1, 0.15) is 29.7 Å². The van der Waals surface area contributed by atoms with Gasteiger partial charge in [-0.3, -0.25) is 4.79 Å². The van der Waals surface area contributed by atoms with Crippen LogP contribution in [0, 0.1) is 13.8 Å². The number of hydrogen-bond acceptors (Lipinski definition) is 4. The zero-order valence-electron chi connectivity index (χ0n) is 16.7. The van der Waals surface area contributed by atoms with E-state index in [-0.39, 0.29) is 11.5 Å². The Hall–Kier alpha value is -2.98. The van der Waals surface area contributed by atoms with Gasteiger partial charge in [0.2, 0.25) is 0 Å². The molecule has 4 aromatic rings. The molecule has 0 amide bonds. The van der Waals surface area contributed by atoms with Gasteiger partial charge in [0.1, 0.15) is 11.3 Å². The Kier molecular flexibility index (Phi) is 5.20. The van der Waals surface area contributed by atoms with Crippen molar-refractivity contribution >= 4 is 29.3 Å². The van der Waals surface area contributed by atoms with E-state index in [9.17, 15) is 4.79 Å². The lowest BCUT2D eigenvalue weighted by Crippen LogP contribution is -2.12. The van der Waals surface area contributed by atoms with E-state index in [0.717, 1.165) is 27.3 Å². The molecular formula is C25H23NO2S. The summed E-state index contributed by atoms with van der Waals surface area (Å²) in [5, 5.41) is 4.12. The first-order valence-electron chi connectivity index (χ1n) is 9.63. The van der Waals surface area contributed by atoms with Crippen LogP contribution in [0.2, 0.25) is 0 Å². The standard InChI is InChI=1S/C25H23NO2S/c1-15-13-19(17(3)26-21-11-7-8-12-22(21)29)25-20(14-15)23(27)16(2)24(28-25)18-9-5-4-6-10-18/h4-14,17,26,29H,1-3H3. The second kappa shape index (κ2) is 7.80. The summed E-state index contributed by atoms with van der Waals surface area (Å²) in [5.74, 6) is 0.620. The van der Waals surface area contributed by atoms with Gasteiger partial charge >= 0.3 is 0 Å². The molecule has 0 saturated heterocycles. The van der Waals surface area contributed by atoms with Crippen molar-refractivity contribution in [3.63, 3.8) is 0 Å². The maximum atomic E-state index is 13.2. The molecule has 146 valence electrons. The van der Waals surface area contributed by atoms with E-state index < -0.39 is 0 Å². The monoisotopic (exact) mass is 401 g/mol. The van der Waals surface area contributed by atoms with Crippen LogP contribution in [0.4, 0.5) is 5.69 Å². The minimum Gasteiger partial charge on any atom is -0.455 e. The number of fused-ring (bicyclic) bond motifs is 1. The van der Waals surface area contributed by atoms with Crippen molar-refractivity contribution in [3.8, 4) is 11.3 Å². The maximum Gasteiger partial charge on any atom is 0.196 e. The van der Waals surface area contributed by atoms with E-state index in [0.29, 0.717) is 22.3 Å². The van der Waals surface area contributed by atoms with E-state index in [1.54, 1.807) is 0 Å². The summed E-state index contributed by atoms with van der Waals surface area (Å²) in [6.07, 6.45) is 0. The molecule has 1 atom stereocenters. The van der Waals surface area contributed by atoms with Gasteiger partial charge in [0.05, 0.1) is 11.4 Å². The molecule has 0 radical (unpaired) electrons. The third kappa shape index (κ3) is 3.68. The quantitative estimate of drug-likeness (QED) is 0.382. The van der Waals surface area contributed by atoms with Crippen molar-refractivity contribution in [2.75, 3.05) is 5.32 Å². The van der Waals surface area contributed by atoms with Crippen LogP contribution < -0.4 is 10.7 Å². The molecule has 1 unspecified atom stereocenters. The first-order valence-corrected chi connectivity index (χ1v) is 10.1. The zero-order valence-corrected chi connectivity index (χ0v) is 17.6. The van der Waals surface area contributed by atoms with Crippen LogP contribution in [0.25, 0.3) is 22.3 Å². The average molecular weight is 402 g/mol. The van der Waals surface area contributed by atoms with Gasteiger partial charge in [-0.1, -0.05) is 48.5 Å². The van der Waals surface area contributed by atoms with Crippen molar-refractivity contribution in [1.29, 1.82) is 0 Å².